The van der Waals surface area contributed by atoms with Gasteiger partial charge in [-0.05, 0) is 102 Å². The van der Waals surface area contributed by atoms with Crippen LogP contribution in [0.2, 0.25) is 0 Å². The number of hydrogen-bond acceptors (Lipinski definition) is 5. The van der Waals surface area contributed by atoms with Crippen LogP contribution in [0.1, 0.15) is 17.4 Å². The zero-order valence-corrected chi connectivity index (χ0v) is 31.0. The van der Waals surface area contributed by atoms with E-state index >= 15 is 0 Å². The van der Waals surface area contributed by atoms with Gasteiger partial charge in [0, 0.05) is 80.5 Å². The Hall–Kier alpha value is -7.77. The molecule has 0 aliphatic heterocycles. The number of para-hydroxylation sites is 2. The molecule has 0 saturated carbocycles. The van der Waals surface area contributed by atoms with Gasteiger partial charge in [-0.2, -0.15) is 0 Å². The number of rotatable bonds is 4. The third-order valence-electron chi connectivity index (χ3n) is 12.0. The van der Waals surface area contributed by atoms with Crippen molar-refractivity contribution < 1.29 is 8.83 Å². The fraction of sp³-hybridized carbons (Fsp3) is 0.0392. The van der Waals surface area contributed by atoms with Crippen LogP contribution in [-0.2, 0) is 6.42 Å². The fourth-order valence-electron chi connectivity index (χ4n) is 9.42. The van der Waals surface area contributed by atoms with E-state index < -0.39 is 0 Å². The summed E-state index contributed by atoms with van der Waals surface area (Å²) in [7, 11) is 0. The smallest absolute Gasteiger partial charge is 0.135 e. The first-order valence-corrected chi connectivity index (χ1v) is 19.6. The minimum Gasteiger partial charge on any atom is -0.456 e. The SMILES string of the molecule is C1=CC(n2c3ccccc3c3ncccc32)Cc2c1oc1ccc(-c3cncc(-c4ccc5oc6ccc(-n7c8ccccc8c8ncccc87)cc6c5c4)c3)cc21. The lowest BCUT2D eigenvalue weighted by molar-refractivity contribution is 0.572. The Bertz CT molecular complexity index is 3590. The molecule has 7 nitrogen and oxygen atoms in total. The van der Waals surface area contributed by atoms with Gasteiger partial charge in [0.1, 0.15) is 22.5 Å². The van der Waals surface area contributed by atoms with Crippen LogP contribution in [0.4, 0.5) is 0 Å². The van der Waals surface area contributed by atoms with E-state index in [1.807, 2.05) is 36.9 Å². The summed E-state index contributed by atoms with van der Waals surface area (Å²) >= 11 is 0. The molecule has 1 aliphatic rings. The number of benzene rings is 5. The molecule has 0 amide bonds. The molecule has 58 heavy (non-hydrogen) atoms. The molecule has 0 N–H and O–H groups in total. The first-order valence-electron chi connectivity index (χ1n) is 19.6. The van der Waals surface area contributed by atoms with Gasteiger partial charge in [-0.1, -0.05) is 54.6 Å². The Morgan fingerprint density at radius 1 is 0.500 bits per heavy atom. The summed E-state index contributed by atoms with van der Waals surface area (Å²) < 4.78 is 17.5. The van der Waals surface area contributed by atoms with E-state index in [0.29, 0.717) is 0 Å². The van der Waals surface area contributed by atoms with E-state index in [4.69, 9.17) is 23.8 Å². The summed E-state index contributed by atoms with van der Waals surface area (Å²) in [5, 5.41) is 5.56. The van der Waals surface area contributed by atoms with Crippen molar-refractivity contribution in [3.63, 3.8) is 0 Å². The lowest BCUT2D eigenvalue weighted by atomic mass is 9.94. The van der Waals surface area contributed by atoms with Crippen molar-refractivity contribution in [2.45, 2.75) is 12.5 Å². The van der Waals surface area contributed by atoms with Crippen LogP contribution in [0.5, 0.6) is 0 Å². The van der Waals surface area contributed by atoms with Gasteiger partial charge in [0.2, 0.25) is 0 Å². The average molecular weight is 746 g/mol. The second-order valence-corrected chi connectivity index (χ2v) is 15.2. The quantitative estimate of drug-likeness (QED) is 0.179. The molecule has 7 heteroatoms. The van der Waals surface area contributed by atoms with Crippen LogP contribution in [0.15, 0.2) is 173 Å². The average Bonchev–Trinajstić information content (AvgIpc) is 4.03. The molecule has 0 spiro atoms. The second kappa shape index (κ2) is 11.9. The third-order valence-corrected chi connectivity index (χ3v) is 12.0. The Morgan fingerprint density at radius 3 is 1.91 bits per heavy atom. The van der Waals surface area contributed by atoms with Crippen LogP contribution in [0.25, 0.3) is 111 Å². The van der Waals surface area contributed by atoms with Gasteiger partial charge in [-0.3, -0.25) is 15.0 Å². The lowest BCUT2D eigenvalue weighted by Gasteiger charge is -2.21. The van der Waals surface area contributed by atoms with Crippen LogP contribution in [-0.4, -0.2) is 24.1 Å². The molecule has 7 aromatic heterocycles. The second-order valence-electron chi connectivity index (χ2n) is 15.2. The predicted molar refractivity (Wildman–Crippen MR) is 233 cm³/mol. The molecule has 0 radical (unpaired) electrons. The highest BCUT2D eigenvalue weighted by Crippen LogP contribution is 2.41. The van der Waals surface area contributed by atoms with Crippen molar-refractivity contribution in [3.8, 4) is 27.9 Å². The van der Waals surface area contributed by atoms with E-state index in [2.05, 4.69) is 143 Å². The Morgan fingerprint density at radius 2 is 1.12 bits per heavy atom. The molecule has 13 rings (SSSR count). The van der Waals surface area contributed by atoms with Crippen molar-refractivity contribution in [3.05, 3.63) is 176 Å². The summed E-state index contributed by atoms with van der Waals surface area (Å²) in [5.41, 5.74) is 15.7. The minimum absolute atomic E-state index is 0.123. The van der Waals surface area contributed by atoms with Gasteiger partial charge in [0.25, 0.3) is 0 Å². The van der Waals surface area contributed by atoms with Crippen LogP contribution < -0.4 is 0 Å². The molecule has 0 bridgehead atoms. The highest BCUT2D eigenvalue weighted by atomic mass is 16.3. The molecule has 5 aromatic carbocycles. The first kappa shape index (κ1) is 31.4. The molecule has 1 atom stereocenters. The monoisotopic (exact) mass is 745 g/mol. The topological polar surface area (TPSA) is 74.8 Å². The van der Waals surface area contributed by atoms with E-state index in [0.717, 1.165) is 106 Å². The number of pyridine rings is 3. The number of nitrogens with zero attached hydrogens (tertiary/aromatic N) is 5. The predicted octanol–water partition coefficient (Wildman–Crippen LogP) is 12.9. The van der Waals surface area contributed by atoms with Crippen LogP contribution >= 0.6 is 0 Å². The summed E-state index contributed by atoms with van der Waals surface area (Å²) in [6, 6.07) is 47.0. The fourth-order valence-corrected chi connectivity index (χ4v) is 9.42. The van der Waals surface area contributed by atoms with Crippen molar-refractivity contribution in [1.29, 1.82) is 0 Å². The maximum absolute atomic E-state index is 6.42. The highest BCUT2D eigenvalue weighted by molar-refractivity contribution is 6.10. The molecule has 12 aromatic rings. The zero-order chi connectivity index (χ0) is 37.9. The van der Waals surface area contributed by atoms with Gasteiger partial charge >= 0.3 is 0 Å². The highest BCUT2D eigenvalue weighted by Gasteiger charge is 2.25. The van der Waals surface area contributed by atoms with Crippen LogP contribution in [0, 0.1) is 0 Å². The zero-order valence-electron chi connectivity index (χ0n) is 31.0. The summed E-state index contributed by atoms with van der Waals surface area (Å²) in [6.45, 7) is 0. The molecule has 7 heterocycles. The molecule has 1 aliphatic carbocycles. The number of hydrogen-bond donors (Lipinski definition) is 0. The number of aromatic nitrogens is 5. The van der Waals surface area contributed by atoms with Gasteiger partial charge in [-0.15, -0.1) is 0 Å². The van der Waals surface area contributed by atoms with Gasteiger partial charge in [-0.25, -0.2) is 0 Å². The Balaban J connectivity index is 0.878. The maximum atomic E-state index is 6.42. The van der Waals surface area contributed by atoms with Gasteiger partial charge in [0.15, 0.2) is 0 Å². The Labute approximate surface area is 330 Å². The van der Waals surface area contributed by atoms with Crippen LogP contribution in [0.3, 0.4) is 0 Å². The first-order chi connectivity index (χ1) is 28.7. The van der Waals surface area contributed by atoms with Crippen molar-refractivity contribution >= 4 is 82.9 Å². The minimum atomic E-state index is 0.123. The van der Waals surface area contributed by atoms with Crippen molar-refractivity contribution in [2.75, 3.05) is 0 Å². The standard InChI is InChI=1S/C51H31N5O2/c1-3-9-42-36(7-1)50-44(11-5-21-53-50)55(42)34-15-19-48-40(26-34)38-24-30(13-17-46(38)57-48)32-23-33(29-52-28-32)31-14-18-47-39(25-31)41-27-35(16-20-49(41)58-47)56-43-10-4-2-8-37(43)51-45(56)12-6-22-54-51/h1-26,28-29,35H,27H2. The van der Waals surface area contributed by atoms with Crippen molar-refractivity contribution in [1.82, 2.24) is 24.1 Å². The molecular formula is C51H31N5O2. The van der Waals surface area contributed by atoms with Gasteiger partial charge in [0.05, 0.1) is 39.1 Å². The van der Waals surface area contributed by atoms with E-state index in [1.54, 1.807) is 0 Å². The number of furan rings is 2. The summed E-state index contributed by atoms with van der Waals surface area (Å²) in [5.74, 6) is 0.924. The summed E-state index contributed by atoms with van der Waals surface area (Å²) in [6.07, 6.45) is 12.8. The van der Waals surface area contributed by atoms with E-state index in [-0.39, 0.29) is 6.04 Å². The van der Waals surface area contributed by atoms with Gasteiger partial charge < -0.3 is 18.0 Å². The molecule has 272 valence electrons. The number of fused-ring (bicyclic) bond motifs is 12. The maximum Gasteiger partial charge on any atom is 0.135 e. The third kappa shape index (κ3) is 4.52. The molecule has 0 fully saturated rings. The van der Waals surface area contributed by atoms with Crippen molar-refractivity contribution in [2.24, 2.45) is 0 Å². The van der Waals surface area contributed by atoms with E-state index in [9.17, 15) is 0 Å². The molecule has 1 unspecified atom stereocenters. The Kier molecular flexibility index (Phi) is 6.43. The number of allylic oxidation sites excluding steroid dienone is 1. The van der Waals surface area contributed by atoms with E-state index in [1.165, 1.54) is 16.5 Å². The largest absolute Gasteiger partial charge is 0.456 e. The molecular weight excluding hydrogens is 715 g/mol. The summed E-state index contributed by atoms with van der Waals surface area (Å²) in [4.78, 5) is 14.3. The lowest BCUT2D eigenvalue weighted by Crippen LogP contribution is -2.12. The normalized spacial score (nSPS) is 14.2. The molecule has 0 saturated heterocycles.